The molecule has 5 heteroatoms. The highest BCUT2D eigenvalue weighted by molar-refractivity contribution is 5.73. The van der Waals surface area contributed by atoms with E-state index in [9.17, 15) is 25.5 Å². The Morgan fingerprint density at radius 2 is 0.544 bits per heavy atom. The smallest absolute Gasteiger partial charge is 0.124 e. The third kappa shape index (κ3) is 8.01. The molecule has 5 N–H and O–H groups in total. The molecule has 0 fully saturated rings. The van der Waals surface area contributed by atoms with Gasteiger partial charge < -0.3 is 25.5 Å². The lowest BCUT2D eigenvalue weighted by atomic mass is 9.88. The first-order chi connectivity index (χ1) is 27.8. The fourth-order valence-corrected chi connectivity index (χ4v) is 7.62. The first kappa shape index (κ1) is 36.9. The molecule has 57 heavy (non-hydrogen) atoms. The Balaban J connectivity index is 1.23. The minimum absolute atomic E-state index is 0.0133. The fourth-order valence-electron chi connectivity index (χ4n) is 7.62. The van der Waals surface area contributed by atoms with Crippen molar-refractivity contribution in [1.29, 1.82) is 0 Å². The summed E-state index contributed by atoms with van der Waals surface area (Å²) in [5, 5.41) is 56.7. The van der Waals surface area contributed by atoms with E-state index >= 15 is 0 Å². The summed E-state index contributed by atoms with van der Waals surface area (Å²) in [6.45, 7) is -0.339. The molecule has 0 radical (unpaired) electrons. The zero-order valence-corrected chi connectivity index (χ0v) is 31.3. The normalized spacial score (nSPS) is 11.1. The lowest BCUT2D eigenvalue weighted by Gasteiger charge is -2.18. The number of hydrogen-bond donors (Lipinski definition) is 5. The predicted octanol–water partition coefficient (Wildman–Crippen LogP) is 11.4. The van der Waals surface area contributed by atoms with Crippen LogP contribution in [-0.4, -0.2) is 25.5 Å². The van der Waals surface area contributed by atoms with Gasteiger partial charge in [-0.3, -0.25) is 0 Å². The van der Waals surface area contributed by atoms with Gasteiger partial charge in [0, 0.05) is 24.8 Å². The fraction of sp³-hybridized carbons (Fsp3) is 0.0769. The van der Waals surface area contributed by atoms with Crippen LogP contribution in [0.1, 0.15) is 38.9 Å². The first-order valence-electron chi connectivity index (χ1n) is 19.0. The lowest BCUT2D eigenvalue weighted by molar-refractivity contribution is 0.275. The van der Waals surface area contributed by atoms with Gasteiger partial charge in [-0.05, 0) is 126 Å². The second kappa shape index (κ2) is 16.3. The van der Waals surface area contributed by atoms with Gasteiger partial charge >= 0.3 is 0 Å². The van der Waals surface area contributed by atoms with Crippen molar-refractivity contribution in [3.05, 3.63) is 215 Å². The van der Waals surface area contributed by atoms with Crippen molar-refractivity contribution in [3.8, 4) is 67.5 Å². The van der Waals surface area contributed by atoms with E-state index in [4.69, 9.17) is 0 Å². The Hall–Kier alpha value is -7.08. The van der Waals surface area contributed by atoms with Crippen molar-refractivity contribution in [2.75, 3.05) is 0 Å². The van der Waals surface area contributed by atoms with Crippen LogP contribution in [0.4, 0.5) is 0 Å². The molecule has 280 valence electrons. The highest BCUT2D eigenvalue weighted by atomic mass is 16.3. The molecule has 8 rings (SSSR count). The van der Waals surface area contributed by atoms with Gasteiger partial charge in [0.05, 0.1) is 6.61 Å². The number of phenolic OH excluding ortho intramolecular Hbond substituents is 3. The zero-order chi connectivity index (χ0) is 39.3. The molecule has 0 aliphatic heterocycles. The van der Waals surface area contributed by atoms with Crippen molar-refractivity contribution in [2.45, 2.75) is 25.9 Å². The highest BCUT2D eigenvalue weighted by Gasteiger charge is 2.20. The van der Waals surface area contributed by atoms with Gasteiger partial charge in [-0.15, -0.1) is 0 Å². The molecule has 0 atom stereocenters. The van der Waals surface area contributed by atoms with E-state index in [-0.39, 0.29) is 48.9 Å². The topological polar surface area (TPSA) is 101 Å². The Labute approximate surface area is 332 Å². The van der Waals surface area contributed by atoms with Gasteiger partial charge in [0.2, 0.25) is 0 Å². The molecule has 5 nitrogen and oxygen atoms in total. The summed E-state index contributed by atoms with van der Waals surface area (Å²) >= 11 is 0. The molecule has 0 unspecified atom stereocenters. The minimum atomic E-state index is -0.339. The predicted molar refractivity (Wildman–Crippen MR) is 229 cm³/mol. The van der Waals surface area contributed by atoms with Gasteiger partial charge in [0.25, 0.3) is 0 Å². The zero-order valence-electron chi connectivity index (χ0n) is 31.3. The van der Waals surface area contributed by atoms with E-state index in [0.717, 1.165) is 44.5 Å². The van der Waals surface area contributed by atoms with Gasteiger partial charge in [-0.25, -0.2) is 0 Å². The van der Waals surface area contributed by atoms with E-state index < -0.39 is 0 Å². The molecule has 0 saturated heterocycles. The van der Waals surface area contributed by atoms with Gasteiger partial charge in [-0.2, -0.15) is 0 Å². The van der Waals surface area contributed by atoms with Gasteiger partial charge in [-0.1, -0.05) is 127 Å². The van der Waals surface area contributed by atoms with Crippen molar-refractivity contribution in [1.82, 2.24) is 0 Å². The Morgan fingerprint density at radius 1 is 0.263 bits per heavy atom. The summed E-state index contributed by atoms with van der Waals surface area (Å²) < 4.78 is 0. The summed E-state index contributed by atoms with van der Waals surface area (Å²) in [5.74, 6) is 0.276. The summed E-state index contributed by atoms with van der Waals surface area (Å²) in [6.07, 6.45) is 0.668. The van der Waals surface area contributed by atoms with Crippen LogP contribution in [0.5, 0.6) is 23.0 Å². The summed E-state index contributed by atoms with van der Waals surface area (Å²) in [4.78, 5) is 0. The number of aromatic hydroxyl groups is 4. The average molecular weight is 747 g/mol. The second-order valence-electron chi connectivity index (χ2n) is 14.4. The van der Waals surface area contributed by atoms with Crippen LogP contribution < -0.4 is 0 Å². The van der Waals surface area contributed by atoms with E-state index in [1.807, 2.05) is 164 Å². The molecular formula is C52H42O5. The molecule has 0 aromatic heterocycles. The SMILES string of the molecule is OCc1cc(-c2ccccc2)cc(Cc2cc(-c3ccccc3)cc(Cc3cc(-c4ccccc4)cc(Cc4cc(-c5ccccc5)ccc4O)c3O)c2O)c1O. The van der Waals surface area contributed by atoms with Crippen LogP contribution in [0.15, 0.2) is 176 Å². The van der Waals surface area contributed by atoms with Crippen LogP contribution in [0.3, 0.4) is 0 Å². The first-order valence-corrected chi connectivity index (χ1v) is 19.0. The maximum absolute atomic E-state index is 12.1. The minimum Gasteiger partial charge on any atom is -0.508 e. The number of phenols is 4. The Bertz CT molecular complexity index is 2660. The number of hydrogen-bond acceptors (Lipinski definition) is 5. The van der Waals surface area contributed by atoms with Crippen molar-refractivity contribution >= 4 is 0 Å². The van der Waals surface area contributed by atoms with Crippen LogP contribution in [-0.2, 0) is 25.9 Å². The number of aliphatic hydroxyl groups excluding tert-OH is 1. The molecule has 8 aromatic rings. The summed E-state index contributed by atoms with van der Waals surface area (Å²) in [7, 11) is 0. The largest absolute Gasteiger partial charge is 0.508 e. The average Bonchev–Trinajstić information content (AvgIpc) is 3.26. The Morgan fingerprint density at radius 3 is 0.895 bits per heavy atom. The van der Waals surface area contributed by atoms with Crippen LogP contribution in [0.2, 0.25) is 0 Å². The van der Waals surface area contributed by atoms with E-state index in [1.54, 1.807) is 12.1 Å². The molecule has 0 aliphatic rings. The molecule has 0 bridgehead atoms. The molecule has 0 saturated carbocycles. The second-order valence-corrected chi connectivity index (χ2v) is 14.4. The molecule has 0 spiro atoms. The lowest BCUT2D eigenvalue weighted by Crippen LogP contribution is -2.01. The number of rotatable bonds is 11. The summed E-state index contributed by atoms with van der Waals surface area (Å²) in [5.41, 5.74) is 11.6. The standard InChI is InChI=1S/C52H42O5/c53-33-48-29-41(37-19-11-4-12-20-37)28-47(52(48)57)32-46-27-40(36-17-9-3-10-18-36)26-45(51(46)56)31-44-25-39(35-15-7-2-8-16-35)24-43(50(44)55)30-42-23-38(21-22-49(42)54)34-13-5-1-6-14-34/h1-29,53-57H,30-33H2. The van der Waals surface area contributed by atoms with Crippen LogP contribution in [0, 0.1) is 0 Å². The van der Waals surface area contributed by atoms with Crippen molar-refractivity contribution in [2.24, 2.45) is 0 Å². The molecule has 0 aliphatic carbocycles. The molecule has 8 aromatic carbocycles. The summed E-state index contributed by atoms with van der Waals surface area (Å²) in [6, 6.07) is 56.7. The van der Waals surface area contributed by atoms with E-state index in [1.165, 1.54) is 0 Å². The van der Waals surface area contributed by atoms with Gasteiger partial charge in [0.15, 0.2) is 0 Å². The Kier molecular flexibility index (Phi) is 10.6. The van der Waals surface area contributed by atoms with Crippen LogP contribution >= 0.6 is 0 Å². The van der Waals surface area contributed by atoms with E-state index in [2.05, 4.69) is 0 Å². The third-order valence-electron chi connectivity index (χ3n) is 10.6. The van der Waals surface area contributed by atoms with Gasteiger partial charge in [0.1, 0.15) is 23.0 Å². The molecule has 0 heterocycles. The monoisotopic (exact) mass is 746 g/mol. The molecular weight excluding hydrogens is 705 g/mol. The number of aliphatic hydroxyl groups is 1. The quantitative estimate of drug-likeness (QED) is 0.0907. The molecule has 0 amide bonds. The highest BCUT2D eigenvalue weighted by Crippen LogP contribution is 2.40. The van der Waals surface area contributed by atoms with Crippen molar-refractivity contribution < 1.29 is 25.5 Å². The van der Waals surface area contributed by atoms with Crippen molar-refractivity contribution in [3.63, 3.8) is 0 Å². The van der Waals surface area contributed by atoms with Crippen LogP contribution in [0.25, 0.3) is 44.5 Å². The van der Waals surface area contributed by atoms with E-state index in [0.29, 0.717) is 38.9 Å². The maximum Gasteiger partial charge on any atom is 0.124 e. The maximum atomic E-state index is 12.1. The third-order valence-corrected chi connectivity index (χ3v) is 10.6. The number of benzene rings is 8.